The minimum Gasteiger partial charge on any atom is -0.480 e. The number of cyclic esters (lactones) is 1. The molecule has 10 heteroatoms. The van der Waals surface area contributed by atoms with Crippen molar-refractivity contribution in [2.45, 2.75) is 0 Å². The number of carbonyl (C=O) groups is 1. The zero-order valence-corrected chi connectivity index (χ0v) is 14.0. The van der Waals surface area contributed by atoms with Gasteiger partial charge in [-0.2, -0.15) is 0 Å². The van der Waals surface area contributed by atoms with Gasteiger partial charge in [-0.25, -0.2) is 9.48 Å². The van der Waals surface area contributed by atoms with Crippen LogP contribution in [0.2, 0.25) is 15.1 Å². The van der Waals surface area contributed by atoms with Crippen molar-refractivity contribution >= 4 is 46.6 Å². The number of benzene rings is 1. The highest BCUT2D eigenvalue weighted by molar-refractivity contribution is 6.40. The Bertz CT molecular complexity index is 822. The number of nitrogens with zero attached hydrogens (tertiary/aromatic N) is 2. The molecule has 1 fully saturated rings. The zero-order valence-electron chi connectivity index (χ0n) is 11.7. The molecule has 0 radical (unpaired) electrons. The second kappa shape index (κ2) is 5.99. The normalized spacial score (nSPS) is 14.3. The number of carbonyl (C=O) groups excluding carboxylic acids is 1. The van der Waals surface area contributed by atoms with Crippen LogP contribution in [-0.2, 0) is 4.74 Å². The van der Waals surface area contributed by atoms with Gasteiger partial charge in [0, 0.05) is 5.02 Å². The van der Waals surface area contributed by atoms with Gasteiger partial charge in [-0.15, -0.1) is 0 Å². The lowest BCUT2D eigenvalue weighted by molar-refractivity contribution is 0.181. The highest BCUT2D eigenvalue weighted by Gasteiger charge is 2.32. The van der Waals surface area contributed by atoms with Gasteiger partial charge in [0.25, 0.3) is 5.56 Å². The largest absolute Gasteiger partial charge is 0.480 e. The molecule has 0 aliphatic carbocycles. The molecular formula is C13H10Cl3N3O4. The fraction of sp³-hybridized carbons (Fsp3) is 0.231. The Morgan fingerprint density at radius 3 is 2.35 bits per heavy atom. The predicted molar refractivity (Wildman–Crippen MR) is 86.7 cm³/mol. The van der Waals surface area contributed by atoms with Crippen molar-refractivity contribution in [2.75, 3.05) is 25.2 Å². The minimum atomic E-state index is -0.625. The van der Waals surface area contributed by atoms with Gasteiger partial charge in [0.05, 0.1) is 23.7 Å². The number of anilines is 1. The Morgan fingerprint density at radius 1 is 1.17 bits per heavy atom. The molecule has 0 atom stereocenters. The molecule has 1 N–H and O–H groups in total. The van der Waals surface area contributed by atoms with Gasteiger partial charge in [-0.1, -0.05) is 34.8 Å². The highest BCUT2D eigenvalue weighted by Crippen LogP contribution is 2.33. The SMILES string of the molecule is COc1[nH]n(-c2c(Cl)cc(Cl)cc2Cl)c(=O)c1N1CCOC1=O. The van der Waals surface area contributed by atoms with E-state index in [4.69, 9.17) is 44.3 Å². The van der Waals surface area contributed by atoms with E-state index in [9.17, 15) is 9.59 Å². The van der Waals surface area contributed by atoms with Crippen molar-refractivity contribution in [3.05, 3.63) is 37.6 Å². The summed E-state index contributed by atoms with van der Waals surface area (Å²) in [6.45, 7) is 0.430. The van der Waals surface area contributed by atoms with Crippen LogP contribution < -0.4 is 15.2 Å². The molecule has 23 heavy (non-hydrogen) atoms. The monoisotopic (exact) mass is 377 g/mol. The van der Waals surface area contributed by atoms with E-state index < -0.39 is 11.7 Å². The molecule has 1 amide bonds. The zero-order chi connectivity index (χ0) is 16.7. The number of aromatic nitrogens is 2. The van der Waals surface area contributed by atoms with E-state index in [1.807, 2.05) is 0 Å². The second-order valence-corrected chi connectivity index (χ2v) is 5.87. The maximum absolute atomic E-state index is 12.7. The summed E-state index contributed by atoms with van der Waals surface area (Å²) in [5.41, 5.74) is -0.316. The van der Waals surface area contributed by atoms with Crippen molar-refractivity contribution in [1.82, 2.24) is 9.78 Å². The summed E-state index contributed by atoms with van der Waals surface area (Å²) in [6, 6.07) is 2.90. The fourth-order valence-corrected chi connectivity index (χ4v) is 3.28. The van der Waals surface area contributed by atoms with Gasteiger partial charge < -0.3 is 9.47 Å². The summed E-state index contributed by atoms with van der Waals surface area (Å²) in [5, 5.41) is 3.41. The molecule has 1 aromatic carbocycles. The third-order valence-electron chi connectivity index (χ3n) is 3.27. The topological polar surface area (TPSA) is 76.6 Å². The van der Waals surface area contributed by atoms with Gasteiger partial charge in [0.2, 0.25) is 5.88 Å². The van der Waals surface area contributed by atoms with E-state index >= 15 is 0 Å². The van der Waals surface area contributed by atoms with E-state index in [0.717, 1.165) is 4.68 Å². The van der Waals surface area contributed by atoms with Crippen LogP contribution in [0.5, 0.6) is 5.88 Å². The molecular weight excluding hydrogens is 369 g/mol. The molecule has 2 heterocycles. The molecule has 0 unspecified atom stereocenters. The Kier molecular flexibility index (Phi) is 4.18. The number of aromatic amines is 1. The number of amides is 1. The highest BCUT2D eigenvalue weighted by atomic mass is 35.5. The molecule has 1 aromatic heterocycles. The number of nitrogens with one attached hydrogen (secondary N) is 1. The maximum atomic E-state index is 12.7. The maximum Gasteiger partial charge on any atom is 0.414 e. The summed E-state index contributed by atoms with van der Waals surface area (Å²) in [7, 11) is 1.37. The van der Waals surface area contributed by atoms with E-state index in [1.54, 1.807) is 0 Å². The van der Waals surface area contributed by atoms with Crippen molar-refractivity contribution in [2.24, 2.45) is 0 Å². The van der Waals surface area contributed by atoms with Gasteiger partial charge in [-0.05, 0) is 12.1 Å². The van der Waals surface area contributed by atoms with Crippen LogP contribution in [0.4, 0.5) is 10.5 Å². The number of H-pyrrole nitrogens is 1. The Hall–Kier alpha value is -1.83. The molecule has 1 aliphatic heterocycles. The first-order chi connectivity index (χ1) is 10.9. The second-order valence-electron chi connectivity index (χ2n) is 4.62. The number of hydrogen-bond donors (Lipinski definition) is 1. The number of methoxy groups -OCH3 is 1. The van der Waals surface area contributed by atoms with Crippen LogP contribution in [0.3, 0.4) is 0 Å². The molecule has 0 spiro atoms. The van der Waals surface area contributed by atoms with Crippen LogP contribution in [-0.4, -0.2) is 36.1 Å². The van der Waals surface area contributed by atoms with Crippen LogP contribution in [0, 0.1) is 0 Å². The number of hydrogen-bond acceptors (Lipinski definition) is 4. The fourth-order valence-electron chi connectivity index (χ4n) is 2.29. The number of halogens is 3. The first-order valence-electron chi connectivity index (χ1n) is 6.42. The average Bonchev–Trinajstić information content (AvgIpc) is 3.02. The molecule has 122 valence electrons. The molecule has 0 bridgehead atoms. The summed E-state index contributed by atoms with van der Waals surface area (Å²) in [4.78, 5) is 25.6. The molecule has 7 nitrogen and oxygen atoms in total. The molecule has 2 aromatic rings. The van der Waals surface area contributed by atoms with E-state index in [1.165, 1.54) is 24.1 Å². The molecule has 1 saturated heterocycles. The Balaban J connectivity index is 2.22. The first-order valence-corrected chi connectivity index (χ1v) is 7.55. The quantitative estimate of drug-likeness (QED) is 0.890. The Labute approximate surface area is 145 Å². The summed E-state index contributed by atoms with van der Waals surface area (Å²) < 4.78 is 11.1. The third-order valence-corrected chi connectivity index (χ3v) is 4.07. The lowest BCUT2D eigenvalue weighted by atomic mass is 10.3. The van der Waals surface area contributed by atoms with E-state index in [2.05, 4.69) is 5.10 Å². The summed E-state index contributed by atoms with van der Waals surface area (Å²) >= 11 is 18.2. The lowest BCUT2D eigenvalue weighted by Crippen LogP contribution is -2.29. The van der Waals surface area contributed by atoms with Gasteiger partial charge in [-0.3, -0.25) is 14.8 Å². The first kappa shape index (κ1) is 16.0. The standard InChI is InChI=1S/C13H10Cl3N3O4/c1-22-11-10(18-2-3-23-13(18)21)12(20)19(17-11)9-7(15)4-6(14)5-8(9)16/h4-5,17H,2-3H2,1H3. The summed E-state index contributed by atoms with van der Waals surface area (Å²) in [5.74, 6) is 0.0935. The van der Waals surface area contributed by atoms with Gasteiger partial charge in [0.1, 0.15) is 12.3 Å². The molecule has 0 saturated carbocycles. The third kappa shape index (κ3) is 2.65. The van der Waals surface area contributed by atoms with Crippen molar-refractivity contribution in [3.63, 3.8) is 0 Å². The molecule has 1 aliphatic rings. The van der Waals surface area contributed by atoms with Crippen molar-refractivity contribution in [1.29, 1.82) is 0 Å². The van der Waals surface area contributed by atoms with E-state index in [-0.39, 0.29) is 40.5 Å². The minimum absolute atomic E-state index is 0.0251. The average molecular weight is 379 g/mol. The lowest BCUT2D eigenvalue weighted by Gasteiger charge is -2.09. The van der Waals surface area contributed by atoms with Crippen molar-refractivity contribution < 1.29 is 14.3 Å². The molecule has 3 rings (SSSR count). The predicted octanol–water partition coefficient (Wildman–Crippen LogP) is 3.09. The van der Waals surface area contributed by atoms with Gasteiger partial charge in [0.15, 0.2) is 5.69 Å². The number of ether oxygens (including phenoxy) is 2. The van der Waals surface area contributed by atoms with E-state index in [0.29, 0.717) is 5.02 Å². The van der Waals surface area contributed by atoms with Crippen LogP contribution >= 0.6 is 34.8 Å². The van der Waals surface area contributed by atoms with Crippen LogP contribution in [0.15, 0.2) is 16.9 Å². The Morgan fingerprint density at radius 2 is 1.83 bits per heavy atom. The van der Waals surface area contributed by atoms with Gasteiger partial charge >= 0.3 is 6.09 Å². The van der Waals surface area contributed by atoms with Crippen molar-refractivity contribution in [3.8, 4) is 11.6 Å². The summed E-state index contributed by atoms with van der Waals surface area (Å²) in [6.07, 6.45) is -0.625. The number of rotatable bonds is 3. The van der Waals surface area contributed by atoms with Crippen LogP contribution in [0.1, 0.15) is 0 Å². The smallest absolute Gasteiger partial charge is 0.414 e. The van der Waals surface area contributed by atoms with Crippen LogP contribution in [0.25, 0.3) is 5.69 Å².